The summed E-state index contributed by atoms with van der Waals surface area (Å²) in [4.78, 5) is 11.7. The minimum Gasteiger partial charge on any atom is -0.469 e. The number of esters is 1. The van der Waals surface area contributed by atoms with E-state index >= 15 is 0 Å². The highest BCUT2D eigenvalue weighted by Crippen LogP contribution is 2.37. The highest BCUT2D eigenvalue weighted by molar-refractivity contribution is 6.17. The minimum atomic E-state index is -0.156. The van der Waals surface area contributed by atoms with Crippen molar-refractivity contribution in [2.75, 3.05) is 19.6 Å². The average molecular weight is 341 g/mol. The van der Waals surface area contributed by atoms with Crippen LogP contribution in [0.3, 0.4) is 0 Å². The van der Waals surface area contributed by atoms with Gasteiger partial charge in [-0.25, -0.2) is 0 Å². The number of carbonyl (C=O) groups excluding carboxylic acids is 1. The summed E-state index contributed by atoms with van der Waals surface area (Å²) in [6.07, 6.45) is 3.23. The van der Waals surface area contributed by atoms with Gasteiger partial charge in [-0.15, -0.1) is 11.6 Å². The van der Waals surface area contributed by atoms with Gasteiger partial charge in [0, 0.05) is 18.9 Å². The van der Waals surface area contributed by atoms with E-state index in [1.54, 1.807) is 0 Å². The van der Waals surface area contributed by atoms with Crippen molar-refractivity contribution in [2.45, 2.75) is 46.1 Å². The molecule has 0 aromatic heterocycles. The molecule has 1 rings (SSSR count). The van der Waals surface area contributed by atoms with Gasteiger partial charge in [0.15, 0.2) is 0 Å². The summed E-state index contributed by atoms with van der Waals surface area (Å²) < 4.78 is 10.6. The normalized spacial score (nSPS) is 12.9. The Labute approximate surface area is 145 Å². The average Bonchev–Trinajstić information content (AvgIpc) is 2.56. The summed E-state index contributed by atoms with van der Waals surface area (Å²) in [5.74, 6) is 0.727. The fourth-order valence-electron chi connectivity index (χ4n) is 2.77. The fourth-order valence-corrected chi connectivity index (χ4v) is 2.90. The lowest BCUT2D eigenvalue weighted by Crippen LogP contribution is -2.28. The molecule has 0 aliphatic heterocycles. The number of alkyl halides is 1. The first-order chi connectivity index (χ1) is 11.0. The Kier molecular flexibility index (Phi) is 9.27. The van der Waals surface area contributed by atoms with Gasteiger partial charge in [-0.05, 0) is 36.2 Å². The molecular formula is C19H29ClO3. The molecule has 0 fully saturated rings. The Balaban J connectivity index is 2.50. The Hall–Kier alpha value is -1.06. The molecule has 0 N–H and O–H groups in total. The lowest BCUT2D eigenvalue weighted by atomic mass is 9.72. The number of carbonyl (C=O) groups is 1. The number of halogens is 1. The van der Waals surface area contributed by atoms with Gasteiger partial charge in [0.2, 0.25) is 0 Å². The van der Waals surface area contributed by atoms with Crippen LogP contribution in [0.4, 0.5) is 0 Å². The van der Waals surface area contributed by atoms with E-state index in [0.29, 0.717) is 25.5 Å². The number of hydrogen-bond donors (Lipinski definition) is 0. The van der Waals surface area contributed by atoms with Crippen LogP contribution in [0, 0.1) is 11.3 Å². The topological polar surface area (TPSA) is 35.5 Å². The summed E-state index contributed by atoms with van der Waals surface area (Å²) in [7, 11) is 1.44. The van der Waals surface area contributed by atoms with Gasteiger partial charge in [0.1, 0.15) is 0 Å². The summed E-state index contributed by atoms with van der Waals surface area (Å²) in [5, 5.41) is 0. The van der Waals surface area contributed by atoms with Gasteiger partial charge in [-0.3, -0.25) is 4.79 Å². The van der Waals surface area contributed by atoms with Gasteiger partial charge < -0.3 is 9.47 Å². The fraction of sp³-hybridized carbons (Fsp3) is 0.632. The van der Waals surface area contributed by atoms with E-state index in [-0.39, 0.29) is 17.3 Å². The zero-order valence-corrected chi connectivity index (χ0v) is 15.3. The zero-order valence-electron chi connectivity index (χ0n) is 14.5. The SMILES string of the molecule is COC(=O)C[C@H](CCOCc1ccccc1)C(C)(C)CCCCl. The second-order valence-electron chi connectivity index (χ2n) is 6.59. The first kappa shape index (κ1) is 20.0. The lowest BCUT2D eigenvalue weighted by molar-refractivity contribution is -0.143. The Morgan fingerprint density at radius 2 is 1.96 bits per heavy atom. The molecule has 0 saturated heterocycles. The number of rotatable bonds is 11. The van der Waals surface area contributed by atoms with Crippen LogP contribution in [0.2, 0.25) is 0 Å². The third kappa shape index (κ3) is 7.85. The summed E-state index contributed by atoms with van der Waals surface area (Å²) in [6.45, 7) is 5.64. The van der Waals surface area contributed by atoms with Crippen molar-refractivity contribution in [3.8, 4) is 0 Å². The molecule has 0 heterocycles. The number of hydrogen-bond acceptors (Lipinski definition) is 3. The summed E-state index contributed by atoms with van der Waals surface area (Å²) >= 11 is 5.82. The monoisotopic (exact) mass is 340 g/mol. The van der Waals surface area contributed by atoms with Crippen molar-refractivity contribution in [1.29, 1.82) is 0 Å². The molecular weight excluding hydrogens is 312 g/mol. The van der Waals surface area contributed by atoms with E-state index in [1.165, 1.54) is 12.7 Å². The number of ether oxygens (including phenoxy) is 2. The van der Waals surface area contributed by atoms with Crippen molar-refractivity contribution in [3.05, 3.63) is 35.9 Å². The second-order valence-corrected chi connectivity index (χ2v) is 6.96. The molecule has 0 bridgehead atoms. The van der Waals surface area contributed by atoms with E-state index in [9.17, 15) is 4.79 Å². The van der Waals surface area contributed by atoms with Crippen molar-refractivity contribution in [3.63, 3.8) is 0 Å². The molecule has 0 radical (unpaired) electrons. The predicted octanol–water partition coefficient (Wildman–Crippen LogP) is 4.82. The van der Waals surface area contributed by atoms with Crippen molar-refractivity contribution < 1.29 is 14.3 Å². The minimum absolute atomic E-state index is 0.0409. The molecule has 1 aromatic carbocycles. The zero-order chi connectivity index (χ0) is 17.1. The molecule has 0 amide bonds. The highest BCUT2D eigenvalue weighted by Gasteiger charge is 2.30. The maximum absolute atomic E-state index is 11.7. The van der Waals surface area contributed by atoms with E-state index in [1.807, 2.05) is 18.2 Å². The highest BCUT2D eigenvalue weighted by atomic mass is 35.5. The molecule has 3 nitrogen and oxygen atoms in total. The summed E-state index contributed by atoms with van der Waals surface area (Å²) in [6, 6.07) is 10.1. The Morgan fingerprint density at radius 3 is 2.57 bits per heavy atom. The quantitative estimate of drug-likeness (QED) is 0.329. The van der Waals surface area contributed by atoms with Crippen molar-refractivity contribution >= 4 is 17.6 Å². The molecule has 0 spiro atoms. The van der Waals surface area contributed by atoms with Gasteiger partial charge in [0.25, 0.3) is 0 Å². The van der Waals surface area contributed by atoms with Gasteiger partial charge in [-0.1, -0.05) is 44.2 Å². The van der Waals surface area contributed by atoms with E-state index in [2.05, 4.69) is 26.0 Å². The molecule has 23 heavy (non-hydrogen) atoms. The molecule has 0 aliphatic rings. The maximum atomic E-state index is 11.7. The third-order valence-electron chi connectivity index (χ3n) is 4.42. The van der Waals surface area contributed by atoms with Crippen LogP contribution in [-0.4, -0.2) is 25.6 Å². The largest absolute Gasteiger partial charge is 0.469 e. The van der Waals surface area contributed by atoms with Gasteiger partial charge >= 0.3 is 5.97 Å². The van der Waals surface area contributed by atoms with E-state index < -0.39 is 0 Å². The number of methoxy groups -OCH3 is 1. The van der Waals surface area contributed by atoms with Gasteiger partial charge in [-0.2, -0.15) is 0 Å². The van der Waals surface area contributed by atoms with Crippen LogP contribution in [0.15, 0.2) is 30.3 Å². The molecule has 1 atom stereocenters. The molecule has 0 unspecified atom stereocenters. The van der Waals surface area contributed by atoms with E-state index in [0.717, 1.165) is 19.3 Å². The van der Waals surface area contributed by atoms with Crippen LogP contribution in [0.25, 0.3) is 0 Å². The van der Waals surface area contributed by atoms with E-state index in [4.69, 9.17) is 21.1 Å². The molecule has 4 heteroatoms. The number of benzene rings is 1. The molecule has 0 saturated carbocycles. The molecule has 0 aliphatic carbocycles. The summed E-state index contributed by atoms with van der Waals surface area (Å²) in [5.41, 5.74) is 1.21. The Bertz CT molecular complexity index is 445. The third-order valence-corrected chi connectivity index (χ3v) is 4.69. The van der Waals surface area contributed by atoms with Gasteiger partial charge in [0.05, 0.1) is 13.7 Å². The predicted molar refractivity (Wildman–Crippen MR) is 94.6 cm³/mol. The first-order valence-electron chi connectivity index (χ1n) is 8.24. The van der Waals surface area contributed by atoms with Crippen LogP contribution < -0.4 is 0 Å². The van der Waals surface area contributed by atoms with Crippen LogP contribution in [0.1, 0.15) is 45.1 Å². The maximum Gasteiger partial charge on any atom is 0.305 e. The first-order valence-corrected chi connectivity index (χ1v) is 8.77. The lowest BCUT2D eigenvalue weighted by Gasteiger charge is -2.34. The standard InChI is InChI=1S/C19H29ClO3/c1-19(2,11-7-12-20)17(14-18(21)22-3)10-13-23-15-16-8-5-4-6-9-16/h4-6,8-9,17H,7,10-15H2,1-3H3/t17-/m0/s1. The second kappa shape index (κ2) is 10.7. The van der Waals surface area contributed by atoms with Crippen molar-refractivity contribution in [2.24, 2.45) is 11.3 Å². The smallest absolute Gasteiger partial charge is 0.305 e. The molecule has 130 valence electrons. The Morgan fingerprint density at radius 1 is 1.26 bits per heavy atom. The molecule has 1 aromatic rings. The van der Waals surface area contributed by atoms with Crippen LogP contribution >= 0.6 is 11.6 Å². The van der Waals surface area contributed by atoms with Crippen molar-refractivity contribution in [1.82, 2.24) is 0 Å². The van der Waals surface area contributed by atoms with Crippen LogP contribution in [-0.2, 0) is 20.9 Å². The van der Waals surface area contributed by atoms with Crippen LogP contribution in [0.5, 0.6) is 0 Å².